The highest BCUT2D eigenvalue weighted by Crippen LogP contribution is 2.29. The van der Waals surface area contributed by atoms with E-state index in [2.05, 4.69) is 50.5 Å². The van der Waals surface area contributed by atoms with Gasteiger partial charge >= 0.3 is 0 Å². The van der Waals surface area contributed by atoms with Crippen molar-refractivity contribution in [3.05, 3.63) is 89.3 Å². The minimum Gasteiger partial charge on any atom is -0.367 e. The lowest BCUT2D eigenvalue weighted by molar-refractivity contribution is -0.122. The summed E-state index contributed by atoms with van der Waals surface area (Å²) in [4.78, 5) is 25.0. The van der Waals surface area contributed by atoms with Crippen molar-refractivity contribution in [2.75, 3.05) is 26.2 Å². The fraction of sp³-hybridized carbons (Fsp3) is 0.357. The van der Waals surface area contributed by atoms with Crippen molar-refractivity contribution in [3.8, 4) is 0 Å². The van der Waals surface area contributed by atoms with E-state index in [1.165, 1.54) is 24.9 Å². The molecule has 2 aromatic rings. The van der Waals surface area contributed by atoms with Gasteiger partial charge in [0.1, 0.15) is 5.65 Å². The molecule has 0 saturated carbocycles. The number of hydrogen-bond donors (Lipinski definition) is 0. The second-order valence-corrected chi connectivity index (χ2v) is 9.64. The molecule has 0 spiro atoms. The second kappa shape index (κ2) is 8.44. The Labute approximate surface area is 200 Å². The molecule has 0 aromatic carbocycles. The summed E-state index contributed by atoms with van der Waals surface area (Å²) in [7, 11) is 0. The van der Waals surface area contributed by atoms with Gasteiger partial charge in [0.25, 0.3) is 5.91 Å². The molecule has 0 aliphatic carbocycles. The minimum absolute atomic E-state index is 0.0214. The number of carbonyl (C=O) groups is 1. The number of aromatic nitrogens is 2. The summed E-state index contributed by atoms with van der Waals surface area (Å²) in [5.74, 6) is -0.0214. The third-order valence-electron chi connectivity index (χ3n) is 7.44. The average Bonchev–Trinajstić information content (AvgIpc) is 3.46. The van der Waals surface area contributed by atoms with Crippen LogP contribution in [0.4, 0.5) is 0 Å². The number of imidazole rings is 1. The van der Waals surface area contributed by atoms with Crippen molar-refractivity contribution >= 4 is 17.1 Å². The Morgan fingerprint density at radius 2 is 1.97 bits per heavy atom. The number of amides is 1. The monoisotopic (exact) mass is 453 g/mol. The summed E-state index contributed by atoms with van der Waals surface area (Å²) >= 11 is 0. The lowest BCUT2D eigenvalue weighted by Crippen LogP contribution is -2.49. The van der Waals surface area contributed by atoms with Gasteiger partial charge in [0.2, 0.25) is 0 Å². The zero-order valence-electron chi connectivity index (χ0n) is 19.9. The maximum absolute atomic E-state index is 13.5. The van der Waals surface area contributed by atoms with Gasteiger partial charge in [-0.15, -0.1) is 0 Å². The molecular formula is C28H31N5O. The van der Waals surface area contributed by atoms with Crippen LogP contribution in [0.1, 0.15) is 36.6 Å². The number of aryl methyl sites for hydroxylation is 2. The van der Waals surface area contributed by atoms with E-state index in [9.17, 15) is 4.79 Å². The minimum atomic E-state index is -0.0214. The van der Waals surface area contributed by atoms with Gasteiger partial charge in [-0.1, -0.05) is 19.1 Å². The molecule has 2 saturated heterocycles. The maximum atomic E-state index is 13.5. The van der Waals surface area contributed by atoms with E-state index in [0.717, 1.165) is 59.9 Å². The number of piperazine rings is 1. The van der Waals surface area contributed by atoms with Crippen molar-refractivity contribution in [2.45, 2.75) is 39.2 Å². The van der Waals surface area contributed by atoms with Crippen LogP contribution >= 0.6 is 0 Å². The number of allylic oxidation sites excluding steroid dienone is 6. The number of pyridine rings is 1. The normalized spacial score (nSPS) is 24.4. The van der Waals surface area contributed by atoms with Gasteiger partial charge in [-0.05, 0) is 73.7 Å². The van der Waals surface area contributed by atoms with Crippen molar-refractivity contribution in [1.82, 2.24) is 24.1 Å². The summed E-state index contributed by atoms with van der Waals surface area (Å²) in [6.07, 6.45) is 21.7. The number of nitrogens with zero attached hydrogens (tertiary/aromatic N) is 5. The average molecular weight is 454 g/mol. The Bertz CT molecular complexity index is 1310. The molecule has 2 fully saturated rings. The molecular weight excluding hydrogens is 422 g/mol. The van der Waals surface area contributed by atoms with Crippen LogP contribution in [0, 0.1) is 6.92 Å². The Balaban J connectivity index is 1.32. The topological polar surface area (TPSA) is 44.1 Å². The molecule has 0 N–H and O–H groups in total. The van der Waals surface area contributed by atoms with Crippen LogP contribution in [0.2, 0.25) is 0 Å². The van der Waals surface area contributed by atoms with E-state index in [0.29, 0.717) is 6.04 Å². The van der Waals surface area contributed by atoms with Crippen molar-refractivity contribution in [3.63, 3.8) is 0 Å². The van der Waals surface area contributed by atoms with E-state index < -0.39 is 0 Å². The van der Waals surface area contributed by atoms with Crippen molar-refractivity contribution < 1.29 is 4.79 Å². The molecule has 1 amide bonds. The van der Waals surface area contributed by atoms with Crippen LogP contribution in [0.25, 0.3) is 11.2 Å². The van der Waals surface area contributed by atoms with Gasteiger partial charge < -0.3 is 9.30 Å². The Morgan fingerprint density at radius 3 is 2.85 bits per heavy atom. The first-order chi connectivity index (χ1) is 16.6. The summed E-state index contributed by atoms with van der Waals surface area (Å²) in [6, 6.07) is 2.81. The van der Waals surface area contributed by atoms with Gasteiger partial charge in [-0.2, -0.15) is 0 Å². The molecule has 6 heteroatoms. The first-order valence-corrected chi connectivity index (χ1v) is 12.4. The number of carbonyl (C=O) groups excluding carboxylic acids is 1. The molecule has 0 radical (unpaired) electrons. The van der Waals surface area contributed by atoms with E-state index in [1.54, 1.807) is 11.0 Å². The van der Waals surface area contributed by atoms with Crippen molar-refractivity contribution in [2.24, 2.45) is 0 Å². The summed E-state index contributed by atoms with van der Waals surface area (Å²) in [5.41, 5.74) is 7.12. The lowest BCUT2D eigenvalue weighted by atomic mass is 10.0. The van der Waals surface area contributed by atoms with Gasteiger partial charge in [-0.3, -0.25) is 14.6 Å². The summed E-state index contributed by atoms with van der Waals surface area (Å²) in [6.45, 7) is 8.55. The van der Waals surface area contributed by atoms with E-state index >= 15 is 0 Å². The molecule has 2 aromatic heterocycles. The summed E-state index contributed by atoms with van der Waals surface area (Å²) < 4.78 is 2.08. The lowest BCUT2D eigenvalue weighted by Gasteiger charge is -2.40. The highest BCUT2D eigenvalue weighted by Gasteiger charge is 2.32. The maximum Gasteiger partial charge on any atom is 0.255 e. The number of fused-ring (bicyclic) bond motifs is 3. The highest BCUT2D eigenvalue weighted by molar-refractivity contribution is 6.00. The first-order valence-electron chi connectivity index (χ1n) is 12.4. The molecule has 4 aliphatic heterocycles. The third-order valence-corrected chi connectivity index (χ3v) is 7.44. The Hall–Kier alpha value is -3.38. The van der Waals surface area contributed by atoms with Crippen LogP contribution in [-0.2, 0) is 11.2 Å². The predicted octanol–water partition coefficient (Wildman–Crippen LogP) is 4.06. The van der Waals surface area contributed by atoms with Crippen LogP contribution in [0.5, 0.6) is 0 Å². The molecule has 0 unspecified atom stereocenters. The van der Waals surface area contributed by atoms with E-state index in [4.69, 9.17) is 0 Å². The fourth-order valence-electron chi connectivity index (χ4n) is 5.63. The van der Waals surface area contributed by atoms with Gasteiger partial charge in [-0.25, -0.2) is 4.98 Å². The first kappa shape index (κ1) is 21.2. The van der Waals surface area contributed by atoms with Gasteiger partial charge in [0.05, 0.1) is 11.4 Å². The van der Waals surface area contributed by atoms with Crippen molar-refractivity contribution in [1.29, 1.82) is 0 Å². The smallest absolute Gasteiger partial charge is 0.255 e. The number of rotatable bonds is 3. The molecule has 34 heavy (non-hydrogen) atoms. The standard InChI is InChI=1S/C28H31N5O/c1-3-21-14-23(17-32-16-20(2)29-28(21)32)22-6-4-7-24-9-10-26(19-33(24)27(34)15-22)31-13-12-30-11-5-8-25(30)18-31/h4,6-7,9-10,14-17,19,25H,3,5,8,11-13,18H2,1-2H3/b6-4?,22-15?,24-7+/t25-/m1/s1. The third kappa shape index (κ3) is 3.72. The van der Waals surface area contributed by atoms with Crippen LogP contribution in [-0.4, -0.2) is 62.2 Å². The number of hydrogen-bond acceptors (Lipinski definition) is 4. The molecule has 6 heterocycles. The van der Waals surface area contributed by atoms with Crippen LogP contribution in [0.3, 0.4) is 0 Å². The molecule has 6 rings (SSSR count). The zero-order valence-corrected chi connectivity index (χ0v) is 19.9. The van der Waals surface area contributed by atoms with Gasteiger partial charge in [0, 0.05) is 56.0 Å². The fourth-order valence-corrected chi connectivity index (χ4v) is 5.63. The van der Waals surface area contributed by atoms with Crippen LogP contribution < -0.4 is 0 Å². The molecule has 174 valence electrons. The zero-order chi connectivity index (χ0) is 23.2. The molecule has 6 nitrogen and oxygen atoms in total. The Morgan fingerprint density at radius 1 is 1.09 bits per heavy atom. The van der Waals surface area contributed by atoms with E-state index in [1.807, 2.05) is 37.5 Å². The molecule has 1 atom stereocenters. The summed E-state index contributed by atoms with van der Waals surface area (Å²) in [5, 5.41) is 0. The SMILES string of the molecule is CCc1cc(C2=CC(=O)N3C=C(N4CCN5CCC[C@@H]5C4)C=C/C3=C\C=C2)cn2cc(C)nc12. The van der Waals surface area contributed by atoms with Gasteiger partial charge in [0.15, 0.2) is 0 Å². The predicted molar refractivity (Wildman–Crippen MR) is 135 cm³/mol. The van der Waals surface area contributed by atoms with E-state index in [-0.39, 0.29) is 5.91 Å². The largest absolute Gasteiger partial charge is 0.367 e. The quantitative estimate of drug-likeness (QED) is 0.703. The molecule has 0 bridgehead atoms. The highest BCUT2D eigenvalue weighted by atomic mass is 16.2. The second-order valence-electron chi connectivity index (χ2n) is 9.64. The van der Waals surface area contributed by atoms with Crippen LogP contribution in [0.15, 0.2) is 72.5 Å². The molecule has 4 aliphatic rings. The Kier molecular flexibility index (Phi) is 5.26.